The normalized spacial score (nSPS) is 12.5. The molecule has 0 aliphatic carbocycles. The second-order valence-electron chi connectivity index (χ2n) is 3.11. The number of hydrogen-bond acceptors (Lipinski definition) is 4. The van der Waals surface area contributed by atoms with Crippen LogP contribution >= 0.6 is 0 Å². The van der Waals surface area contributed by atoms with Gasteiger partial charge < -0.3 is 4.74 Å². The maximum atomic E-state index is 11.3. The van der Waals surface area contributed by atoms with Crippen molar-refractivity contribution >= 4 is 9.84 Å². The molecular formula is C7H13NO3S. The Balaban J connectivity index is 4.67. The predicted octanol–water partition coefficient (Wildman–Crippen LogP) is 0.350. The van der Waals surface area contributed by atoms with Crippen LogP contribution in [0.1, 0.15) is 13.8 Å². The molecular weight excluding hydrogens is 178 g/mol. The third-order valence-electron chi connectivity index (χ3n) is 1.59. The second-order valence-corrected chi connectivity index (χ2v) is 5.73. The number of hydrogen-bond donors (Lipinski definition) is 0. The second kappa shape index (κ2) is 3.87. The van der Waals surface area contributed by atoms with Crippen LogP contribution in [-0.2, 0) is 14.6 Å². The molecule has 0 aromatic heterocycles. The standard InChI is InChI=1S/C7H13NO3S/c1-7(2,6-11-3)12(9,10)5-4-8/h5-6H2,1-3H3. The summed E-state index contributed by atoms with van der Waals surface area (Å²) in [5, 5.41) is 8.26. The van der Waals surface area contributed by atoms with Gasteiger partial charge in [-0.3, -0.25) is 0 Å². The molecule has 0 aliphatic rings. The summed E-state index contributed by atoms with van der Waals surface area (Å²) in [7, 11) is -1.92. The molecule has 0 aliphatic heterocycles. The molecule has 70 valence electrons. The van der Waals surface area contributed by atoms with Gasteiger partial charge in [0.05, 0.1) is 17.4 Å². The SMILES string of the molecule is COCC(C)(C)S(=O)(=O)CC#N. The first-order valence-corrected chi connectivity index (χ1v) is 5.11. The first kappa shape index (κ1) is 11.4. The van der Waals surface area contributed by atoms with Crippen molar-refractivity contribution in [1.82, 2.24) is 0 Å². The first-order valence-electron chi connectivity index (χ1n) is 3.45. The average Bonchev–Trinajstić information content (AvgIpc) is 1.86. The first-order chi connectivity index (χ1) is 5.37. The van der Waals surface area contributed by atoms with Crippen molar-refractivity contribution in [2.45, 2.75) is 18.6 Å². The number of nitrogens with zero attached hydrogens (tertiary/aromatic N) is 1. The topological polar surface area (TPSA) is 67.2 Å². The van der Waals surface area contributed by atoms with Crippen LogP contribution in [0.2, 0.25) is 0 Å². The molecule has 4 nitrogen and oxygen atoms in total. The molecule has 0 rings (SSSR count). The maximum Gasteiger partial charge on any atom is 0.171 e. The molecule has 0 spiro atoms. The van der Waals surface area contributed by atoms with Crippen LogP contribution in [0.5, 0.6) is 0 Å². The lowest BCUT2D eigenvalue weighted by Gasteiger charge is -2.21. The zero-order valence-corrected chi connectivity index (χ0v) is 8.31. The van der Waals surface area contributed by atoms with E-state index in [4.69, 9.17) is 10.00 Å². The van der Waals surface area contributed by atoms with Crippen LogP contribution in [0, 0.1) is 11.3 Å². The van der Waals surface area contributed by atoms with Crippen LogP contribution in [0.4, 0.5) is 0 Å². The summed E-state index contributed by atoms with van der Waals surface area (Å²) in [5.74, 6) is -0.455. The number of ether oxygens (including phenoxy) is 1. The van der Waals surface area contributed by atoms with E-state index in [9.17, 15) is 8.42 Å². The molecule has 0 fully saturated rings. The van der Waals surface area contributed by atoms with Crippen LogP contribution in [0.3, 0.4) is 0 Å². The molecule has 0 unspecified atom stereocenters. The van der Waals surface area contributed by atoms with Crippen molar-refractivity contribution in [2.75, 3.05) is 19.5 Å². The molecule has 0 bridgehead atoms. The molecule has 0 aromatic rings. The fourth-order valence-electron chi connectivity index (χ4n) is 0.718. The highest BCUT2D eigenvalue weighted by atomic mass is 32.2. The molecule has 0 saturated carbocycles. The smallest absolute Gasteiger partial charge is 0.171 e. The van der Waals surface area contributed by atoms with Crippen LogP contribution in [0.15, 0.2) is 0 Å². The van der Waals surface area contributed by atoms with E-state index in [-0.39, 0.29) is 6.61 Å². The Kier molecular flexibility index (Phi) is 3.68. The number of nitriles is 1. The number of sulfone groups is 1. The third kappa shape index (κ3) is 2.47. The van der Waals surface area contributed by atoms with Gasteiger partial charge in [-0.2, -0.15) is 5.26 Å². The van der Waals surface area contributed by atoms with Gasteiger partial charge in [0.1, 0.15) is 5.75 Å². The zero-order valence-electron chi connectivity index (χ0n) is 7.49. The minimum atomic E-state index is -3.36. The highest BCUT2D eigenvalue weighted by molar-refractivity contribution is 7.93. The maximum absolute atomic E-state index is 11.3. The molecule has 12 heavy (non-hydrogen) atoms. The van der Waals surface area contributed by atoms with Crippen molar-refractivity contribution in [1.29, 1.82) is 5.26 Å². The van der Waals surface area contributed by atoms with E-state index in [0.717, 1.165) is 0 Å². The van der Waals surface area contributed by atoms with Crippen molar-refractivity contribution < 1.29 is 13.2 Å². The Hall–Kier alpha value is -0.600. The fraction of sp³-hybridized carbons (Fsp3) is 0.857. The summed E-state index contributed by atoms with van der Waals surface area (Å²) in [6.07, 6.45) is 0. The Morgan fingerprint density at radius 1 is 1.50 bits per heavy atom. The monoisotopic (exact) mass is 191 g/mol. The third-order valence-corrected chi connectivity index (χ3v) is 3.90. The van der Waals surface area contributed by atoms with Crippen molar-refractivity contribution in [3.63, 3.8) is 0 Å². The Morgan fingerprint density at radius 2 is 2.00 bits per heavy atom. The average molecular weight is 191 g/mol. The summed E-state index contributed by atoms with van der Waals surface area (Å²) >= 11 is 0. The lowest BCUT2D eigenvalue weighted by molar-refractivity contribution is 0.175. The van der Waals surface area contributed by atoms with Crippen molar-refractivity contribution in [3.05, 3.63) is 0 Å². The highest BCUT2D eigenvalue weighted by Crippen LogP contribution is 2.16. The Labute approximate surface area is 73.1 Å². The number of methoxy groups -OCH3 is 1. The van der Waals surface area contributed by atoms with Crippen molar-refractivity contribution in [2.24, 2.45) is 0 Å². The zero-order chi connectivity index (χ0) is 9.83. The van der Waals surface area contributed by atoms with Gasteiger partial charge in [0.2, 0.25) is 0 Å². The van der Waals surface area contributed by atoms with Gasteiger partial charge in [-0.1, -0.05) is 0 Å². The minimum absolute atomic E-state index is 0.108. The molecule has 0 aromatic carbocycles. The molecule has 0 heterocycles. The molecule has 0 atom stereocenters. The van der Waals surface area contributed by atoms with Gasteiger partial charge in [0, 0.05) is 7.11 Å². The van der Waals surface area contributed by atoms with E-state index >= 15 is 0 Å². The van der Waals surface area contributed by atoms with Crippen LogP contribution < -0.4 is 0 Å². The summed E-state index contributed by atoms with van der Waals surface area (Å²) < 4.78 is 26.5. The summed E-state index contributed by atoms with van der Waals surface area (Å²) in [4.78, 5) is 0. The summed E-state index contributed by atoms with van der Waals surface area (Å²) in [6, 6.07) is 1.63. The van der Waals surface area contributed by atoms with E-state index in [1.165, 1.54) is 7.11 Å². The quantitative estimate of drug-likeness (QED) is 0.643. The van der Waals surface area contributed by atoms with Gasteiger partial charge in [-0.25, -0.2) is 8.42 Å². The predicted molar refractivity (Wildman–Crippen MR) is 45.4 cm³/mol. The van der Waals surface area contributed by atoms with E-state index in [1.807, 2.05) is 0 Å². The van der Waals surface area contributed by atoms with Crippen molar-refractivity contribution in [3.8, 4) is 6.07 Å². The van der Waals surface area contributed by atoms with E-state index in [1.54, 1.807) is 19.9 Å². The Morgan fingerprint density at radius 3 is 2.33 bits per heavy atom. The largest absolute Gasteiger partial charge is 0.383 e. The summed E-state index contributed by atoms with van der Waals surface area (Å²) in [5.41, 5.74) is 0. The Bertz CT molecular complexity index is 274. The molecule has 0 radical (unpaired) electrons. The van der Waals surface area contributed by atoms with Gasteiger partial charge in [0.15, 0.2) is 9.84 Å². The van der Waals surface area contributed by atoms with E-state index < -0.39 is 20.3 Å². The lowest BCUT2D eigenvalue weighted by Crippen LogP contribution is -2.38. The lowest BCUT2D eigenvalue weighted by atomic mass is 10.2. The van der Waals surface area contributed by atoms with E-state index in [0.29, 0.717) is 0 Å². The molecule has 5 heteroatoms. The highest BCUT2D eigenvalue weighted by Gasteiger charge is 2.33. The van der Waals surface area contributed by atoms with Gasteiger partial charge in [0.25, 0.3) is 0 Å². The molecule has 0 saturated heterocycles. The van der Waals surface area contributed by atoms with Crippen LogP contribution in [-0.4, -0.2) is 32.6 Å². The molecule has 0 N–H and O–H groups in total. The van der Waals surface area contributed by atoms with Gasteiger partial charge in [-0.15, -0.1) is 0 Å². The van der Waals surface area contributed by atoms with Gasteiger partial charge >= 0.3 is 0 Å². The fourth-order valence-corrected chi connectivity index (χ4v) is 1.58. The summed E-state index contributed by atoms with van der Waals surface area (Å²) in [6.45, 7) is 3.20. The minimum Gasteiger partial charge on any atom is -0.383 e. The van der Waals surface area contributed by atoms with Gasteiger partial charge in [-0.05, 0) is 13.8 Å². The van der Waals surface area contributed by atoms with E-state index in [2.05, 4.69) is 0 Å². The van der Waals surface area contributed by atoms with Crippen LogP contribution in [0.25, 0.3) is 0 Å². The molecule has 0 amide bonds. The number of rotatable bonds is 4.